The highest BCUT2D eigenvalue weighted by Crippen LogP contribution is 2.19. The number of alkyl carbamates (subject to hydrolysis) is 1. The third kappa shape index (κ3) is 6.75. The van der Waals surface area contributed by atoms with Gasteiger partial charge >= 0.3 is 12.1 Å². The zero-order valence-corrected chi connectivity index (χ0v) is 13.7. The maximum Gasteiger partial charge on any atom is 0.408 e. The number of esters is 1. The first-order valence-corrected chi connectivity index (χ1v) is 7.51. The first-order valence-electron chi connectivity index (χ1n) is 6.53. The quantitative estimate of drug-likeness (QED) is 0.507. The van der Waals surface area contributed by atoms with E-state index in [1.54, 1.807) is 26.8 Å². The molecular weight excluding hydrogens is 311 g/mol. The van der Waals surface area contributed by atoms with Crippen LogP contribution in [0.15, 0.2) is 23.2 Å². The number of thioether (sulfide) groups is 1. The molecule has 1 aromatic rings. The molecule has 0 aliphatic carbocycles. The van der Waals surface area contributed by atoms with E-state index in [1.165, 1.54) is 31.1 Å². The van der Waals surface area contributed by atoms with Gasteiger partial charge in [0.1, 0.15) is 11.6 Å². The molecule has 0 aromatic carbocycles. The summed E-state index contributed by atoms with van der Waals surface area (Å²) in [4.78, 5) is 27.5. The molecule has 0 saturated carbocycles. The highest BCUT2D eigenvalue weighted by Gasteiger charge is 2.25. The minimum Gasteiger partial charge on any atom is -0.467 e. The van der Waals surface area contributed by atoms with Crippen LogP contribution in [-0.2, 0) is 14.3 Å². The van der Waals surface area contributed by atoms with Gasteiger partial charge in [0.05, 0.1) is 7.11 Å². The standard InChI is InChI=1S/C14H19FN2O4S/c1-14(2,3)21-13(19)17-10(12(18)20-4)8-22-9-5-6-16-11(15)7-9/h5-7,10H,8H2,1-4H3,(H,17,19)/t10-/m0/s1. The molecule has 122 valence electrons. The van der Waals surface area contributed by atoms with Gasteiger partial charge in [0.25, 0.3) is 0 Å². The second-order valence-corrected chi connectivity index (χ2v) is 6.44. The lowest BCUT2D eigenvalue weighted by atomic mass is 10.2. The smallest absolute Gasteiger partial charge is 0.408 e. The Morgan fingerprint density at radius 2 is 2.14 bits per heavy atom. The Hall–Kier alpha value is -1.83. The van der Waals surface area contributed by atoms with Gasteiger partial charge in [-0.05, 0) is 26.8 Å². The van der Waals surface area contributed by atoms with Crippen LogP contribution in [-0.4, -0.2) is 41.6 Å². The van der Waals surface area contributed by atoms with E-state index in [2.05, 4.69) is 15.0 Å². The van der Waals surface area contributed by atoms with Crippen molar-refractivity contribution in [1.82, 2.24) is 10.3 Å². The molecule has 0 unspecified atom stereocenters. The molecule has 0 saturated heterocycles. The fraction of sp³-hybridized carbons (Fsp3) is 0.500. The van der Waals surface area contributed by atoms with Crippen molar-refractivity contribution in [3.63, 3.8) is 0 Å². The van der Waals surface area contributed by atoms with Gasteiger partial charge < -0.3 is 14.8 Å². The average molecular weight is 330 g/mol. The van der Waals surface area contributed by atoms with E-state index in [0.717, 1.165) is 0 Å². The Kier molecular flexibility index (Phi) is 6.61. The van der Waals surface area contributed by atoms with Crippen LogP contribution >= 0.6 is 11.8 Å². The van der Waals surface area contributed by atoms with Crippen LogP contribution in [0, 0.1) is 5.95 Å². The fourth-order valence-electron chi connectivity index (χ4n) is 1.41. The van der Waals surface area contributed by atoms with E-state index in [1.807, 2.05) is 0 Å². The molecule has 0 radical (unpaired) electrons. The molecule has 1 N–H and O–H groups in total. The summed E-state index contributed by atoms with van der Waals surface area (Å²) < 4.78 is 22.7. The van der Waals surface area contributed by atoms with E-state index >= 15 is 0 Å². The van der Waals surface area contributed by atoms with Crippen LogP contribution in [0.5, 0.6) is 0 Å². The monoisotopic (exact) mass is 330 g/mol. The molecular formula is C14H19FN2O4S. The number of halogens is 1. The molecule has 1 rings (SSSR count). The zero-order chi connectivity index (χ0) is 16.8. The molecule has 1 heterocycles. The van der Waals surface area contributed by atoms with Crippen LogP contribution in [0.3, 0.4) is 0 Å². The minimum absolute atomic E-state index is 0.176. The Balaban J connectivity index is 2.65. The molecule has 8 heteroatoms. The van der Waals surface area contributed by atoms with E-state index in [4.69, 9.17) is 4.74 Å². The molecule has 0 bridgehead atoms. The molecule has 0 fully saturated rings. The Bertz CT molecular complexity index is 534. The number of nitrogens with one attached hydrogen (secondary N) is 1. The van der Waals surface area contributed by atoms with Crippen molar-refractivity contribution in [1.29, 1.82) is 0 Å². The van der Waals surface area contributed by atoms with Gasteiger partial charge in [0.15, 0.2) is 0 Å². The van der Waals surface area contributed by atoms with Gasteiger partial charge in [-0.25, -0.2) is 14.6 Å². The second kappa shape index (κ2) is 7.98. The largest absolute Gasteiger partial charge is 0.467 e. The van der Waals surface area contributed by atoms with Crippen LogP contribution in [0.2, 0.25) is 0 Å². The van der Waals surface area contributed by atoms with Crippen molar-refractivity contribution in [2.24, 2.45) is 0 Å². The van der Waals surface area contributed by atoms with Crippen molar-refractivity contribution in [3.8, 4) is 0 Å². The van der Waals surface area contributed by atoms with Crippen molar-refractivity contribution >= 4 is 23.8 Å². The minimum atomic E-state index is -0.902. The molecule has 0 spiro atoms. The highest BCUT2D eigenvalue weighted by molar-refractivity contribution is 7.99. The summed E-state index contributed by atoms with van der Waals surface area (Å²) in [5.41, 5.74) is -0.674. The van der Waals surface area contributed by atoms with E-state index in [9.17, 15) is 14.0 Å². The van der Waals surface area contributed by atoms with Crippen LogP contribution in [0.1, 0.15) is 20.8 Å². The van der Waals surface area contributed by atoms with Crippen LogP contribution in [0.25, 0.3) is 0 Å². The third-order valence-corrected chi connectivity index (χ3v) is 3.38. The second-order valence-electron chi connectivity index (χ2n) is 5.35. The summed E-state index contributed by atoms with van der Waals surface area (Å²) in [5.74, 6) is -1.04. The number of carbonyl (C=O) groups excluding carboxylic acids is 2. The number of nitrogens with zero attached hydrogens (tertiary/aromatic N) is 1. The molecule has 0 aliphatic rings. The van der Waals surface area contributed by atoms with Crippen molar-refractivity contribution in [3.05, 3.63) is 24.3 Å². The molecule has 1 aromatic heterocycles. The van der Waals surface area contributed by atoms with Gasteiger partial charge in [-0.2, -0.15) is 4.39 Å². The SMILES string of the molecule is COC(=O)[C@H](CSc1ccnc(F)c1)NC(=O)OC(C)(C)C. The average Bonchev–Trinajstić information content (AvgIpc) is 2.40. The van der Waals surface area contributed by atoms with E-state index in [0.29, 0.717) is 4.90 Å². The molecule has 1 amide bonds. The lowest BCUT2D eigenvalue weighted by Crippen LogP contribution is -2.45. The Morgan fingerprint density at radius 3 is 2.68 bits per heavy atom. The molecule has 1 atom stereocenters. The third-order valence-electron chi connectivity index (χ3n) is 2.29. The first-order chi connectivity index (χ1) is 10.2. The maximum absolute atomic E-state index is 13.0. The number of amides is 1. The molecule has 22 heavy (non-hydrogen) atoms. The van der Waals surface area contributed by atoms with Gasteiger partial charge in [0.2, 0.25) is 5.95 Å². The number of pyridine rings is 1. The van der Waals surface area contributed by atoms with Gasteiger partial charge in [-0.15, -0.1) is 11.8 Å². The predicted octanol–water partition coefficient (Wildman–Crippen LogP) is 2.38. The summed E-state index contributed by atoms with van der Waals surface area (Å²) in [6, 6.07) is 1.95. The lowest BCUT2D eigenvalue weighted by Gasteiger charge is -2.22. The van der Waals surface area contributed by atoms with E-state index in [-0.39, 0.29) is 5.75 Å². The number of hydrogen-bond acceptors (Lipinski definition) is 6. The Labute approximate surface area is 132 Å². The van der Waals surface area contributed by atoms with Crippen molar-refractivity contribution in [2.45, 2.75) is 37.3 Å². The summed E-state index contributed by atoms with van der Waals surface area (Å²) in [6.45, 7) is 5.15. The predicted molar refractivity (Wildman–Crippen MR) is 80.1 cm³/mol. The number of ether oxygens (including phenoxy) is 2. The van der Waals surface area contributed by atoms with Gasteiger partial charge in [-0.3, -0.25) is 0 Å². The summed E-state index contributed by atoms with van der Waals surface area (Å²) >= 11 is 1.20. The van der Waals surface area contributed by atoms with Crippen LogP contribution < -0.4 is 5.32 Å². The number of rotatable bonds is 5. The molecule has 6 nitrogen and oxygen atoms in total. The maximum atomic E-state index is 13.0. The van der Waals surface area contributed by atoms with Crippen molar-refractivity contribution < 1.29 is 23.5 Å². The number of hydrogen-bond donors (Lipinski definition) is 1. The molecule has 0 aliphatic heterocycles. The normalized spacial score (nSPS) is 12.4. The van der Waals surface area contributed by atoms with Gasteiger partial charge in [0, 0.05) is 22.9 Å². The van der Waals surface area contributed by atoms with Crippen molar-refractivity contribution in [2.75, 3.05) is 12.9 Å². The Morgan fingerprint density at radius 1 is 1.45 bits per heavy atom. The topological polar surface area (TPSA) is 77.5 Å². The summed E-state index contributed by atoms with van der Waals surface area (Å²) in [7, 11) is 1.23. The lowest BCUT2D eigenvalue weighted by molar-refractivity contribution is -0.142. The van der Waals surface area contributed by atoms with E-state index < -0.39 is 29.7 Å². The highest BCUT2D eigenvalue weighted by atomic mass is 32.2. The number of carbonyl (C=O) groups is 2. The number of methoxy groups -OCH3 is 1. The summed E-state index contributed by atoms with van der Waals surface area (Å²) in [6.07, 6.45) is 0.607. The number of aromatic nitrogens is 1. The van der Waals surface area contributed by atoms with Crippen LogP contribution in [0.4, 0.5) is 9.18 Å². The first kappa shape index (κ1) is 18.2. The fourth-order valence-corrected chi connectivity index (χ4v) is 2.33. The van der Waals surface area contributed by atoms with Gasteiger partial charge in [-0.1, -0.05) is 0 Å². The zero-order valence-electron chi connectivity index (χ0n) is 12.9. The summed E-state index contributed by atoms with van der Waals surface area (Å²) in [5, 5.41) is 2.44.